The molecule has 2 aliphatic rings. The van der Waals surface area contributed by atoms with E-state index in [0.717, 1.165) is 5.25 Å². The third-order valence-corrected chi connectivity index (χ3v) is 7.18. The number of rotatable bonds is 9. The number of likely N-dealkylation sites (tertiary alicyclic amines) is 2. The minimum Gasteiger partial charge on any atom is -0.303 e. The molecule has 0 aromatic rings. The number of piperidine rings is 2. The third-order valence-electron chi connectivity index (χ3n) is 4.61. The van der Waals surface area contributed by atoms with Crippen LogP contribution in [-0.2, 0) is 0 Å². The first-order valence-corrected chi connectivity index (χ1v) is 11.2. The standard InChI is InChI=1S/C17H34N2S2/c1-17(21-15-13-19-10-6-3-7-11-19)16-20-14-12-18-8-4-2-5-9-18/h17H,2-16H2,1H3. The van der Waals surface area contributed by atoms with Gasteiger partial charge in [0.25, 0.3) is 0 Å². The second-order valence-corrected chi connectivity index (χ2v) is 9.26. The van der Waals surface area contributed by atoms with Gasteiger partial charge in [-0.2, -0.15) is 23.5 Å². The summed E-state index contributed by atoms with van der Waals surface area (Å²) in [5.41, 5.74) is 0. The van der Waals surface area contributed by atoms with Crippen LogP contribution in [0.4, 0.5) is 0 Å². The molecule has 0 saturated carbocycles. The molecule has 0 aliphatic carbocycles. The van der Waals surface area contributed by atoms with Crippen molar-refractivity contribution in [2.45, 2.75) is 50.7 Å². The van der Waals surface area contributed by atoms with Gasteiger partial charge < -0.3 is 9.80 Å². The average Bonchev–Trinajstić information content (AvgIpc) is 2.54. The largest absolute Gasteiger partial charge is 0.303 e. The van der Waals surface area contributed by atoms with Crippen molar-refractivity contribution in [2.75, 3.05) is 56.5 Å². The Morgan fingerprint density at radius 2 is 1.29 bits per heavy atom. The Labute approximate surface area is 140 Å². The minimum atomic E-state index is 0.821. The van der Waals surface area contributed by atoms with E-state index in [1.165, 1.54) is 95.1 Å². The molecule has 0 bridgehead atoms. The Kier molecular flexibility index (Phi) is 9.58. The van der Waals surface area contributed by atoms with Crippen LogP contribution in [0.2, 0.25) is 0 Å². The molecule has 0 aromatic heterocycles. The van der Waals surface area contributed by atoms with E-state index in [1.807, 2.05) is 0 Å². The highest BCUT2D eigenvalue weighted by Crippen LogP contribution is 2.18. The highest BCUT2D eigenvalue weighted by Gasteiger charge is 2.11. The molecule has 4 heteroatoms. The monoisotopic (exact) mass is 330 g/mol. The maximum absolute atomic E-state index is 2.66. The molecule has 2 nitrogen and oxygen atoms in total. The van der Waals surface area contributed by atoms with Crippen LogP contribution in [-0.4, -0.2) is 71.6 Å². The number of nitrogens with zero attached hydrogens (tertiary/aromatic N) is 2. The first-order chi connectivity index (χ1) is 10.3. The summed E-state index contributed by atoms with van der Waals surface area (Å²) in [6.07, 6.45) is 8.60. The van der Waals surface area contributed by atoms with Gasteiger partial charge in [-0.1, -0.05) is 19.8 Å². The second-order valence-electron chi connectivity index (χ2n) is 6.56. The van der Waals surface area contributed by atoms with E-state index < -0.39 is 0 Å². The third kappa shape index (κ3) is 8.15. The summed E-state index contributed by atoms with van der Waals surface area (Å²) in [5, 5.41) is 0.821. The van der Waals surface area contributed by atoms with Crippen molar-refractivity contribution in [3.05, 3.63) is 0 Å². The number of hydrogen-bond donors (Lipinski definition) is 0. The predicted molar refractivity (Wildman–Crippen MR) is 99.8 cm³/mol. The molecule has 2 fully saturated rings. The molecule has 1 atom stereocenters. The van der Waals surface area contributed by atoms with E-state index in [1.54, 1.807) is 0 Å². The average molecular weight is 331 g/mol. The summed E-state index contributed by atoms with van der Waals surface area (Å²) in [7, 11) is 0. The van der Waals surface area contributed by atoms with Crippen molar-refractivity contribution in [3.8, 4) is 0 Å². The van der Waals surface area contributed by atoms with Crippen LogP contribution < -0.4 is 0 Å². The summed E-state index contributed by atoms with van der Waals surface area (Å²) in [6, 6.07) is 0. The zero-order chi connectivity index (χ0) is 14.8. The van der Waals surface area contributed by atoms with E-state index in [2.05, 4.69) is 40.2 Å². The molecule has 2 saturated heterocycles. The molecule has 124 valence electrons. The SMILES string of the molecule is CC(CSCCN1CCCCC1)SCCN1CCCCC1. The molecule has 0 spiro atoms. The molecule has 2 rings (SSSR count). The lowest BCUT2D eigenvalue weighted by Gasteiger charge is -2.27. The molecule has 1 unspecified atom stereocenters. The van der Waals surface area contributed by atoms with Crippen LogP contribution in [0.25, 0.3) is 0 Å². The summed E-state index contributed by atoms with van der Waals surface area (Å²) in [6.45, 7) is 10.4. The lowest BCUT2D eigenvalue weighted by Crippen LogP contribution is -2.32. The lowest BCUT2D eigenvalue weighted by atomic mass is 10.1. The molecular formula is C17H34N2S2. The molecule has 2 heterocycles. The fourth-order valence-electron chi connectivity index (χ4n) is 3.24. The van der Waals surface area contributed by atoms with Crippen molar-refractivity contribution in [3.63, 3.8) is 0 Å². The Morgan fingerprint density at radius 1 is 0.762 bits per heavy atom. The molecular weight excluding hydrogens is 296 g/mol. The number of hydrogen-bond acceptors (Lipinski definition) is 4. The summed E-state index contributed by atoms with van der Waals surface area (Å²) in [5.74, 6) is 3.99. The highest BCUT2D eigenvalue weighted by atomic mass is 32.2. The minimum absolute atomic E-state index is 0.821. The van der Waals surface area contributed by atoms with Gasteiger partial charge in [-0.05, 0) is 51.9 Å². The molecule has 21 heavy (non-hydrogen) atoms. The van der Waals surface area contributed by atoms with Crippen LogP contribution in [0.5, 0.6) is 0 Å². The van der Waals surface area contributed by atoms with Gasteiger partial charge in [-0.15, -0.1) is 0 Å². The summed E-state index contributed by atoms with van der Waals surface area (Å²) in [4.78, 5) is 5.32. The Hall–Kier alpha value is 0.620. The zero-order valence-electron chi connectivity index (χ0n) is 13.9. The highest BCUT2D eigenvalue weighted by molar-refractivity contribution is 8.03. The molecule has 0 aromatic carbocycles. The Balaban J connectivity index is 1.41. The molecule has 0 radical (unpaired) electrons. The Morgan fingerprint density at radius 3 is 1.86 bits per heavy atom. The van der Waals surface area contributed by atoms with Crippen molar-refractivity contribution in [1.29, 1.82) is 0 Å². The predicted octanol–water partition coefficient (Wildman–Crippen LogP) is 3.81. The maximum Gasteiger partial charge on any atom is 0.0110 e. The van der Waals surface area contributed by atoms with E-state index in [0.29, 0.717) is 0 Å². The van der Waals surface area contributed by atoms with Gasteiger partial charge in [0.05, 0.1) is 0 Å². The first kappa shape index (κ1) is 18.0. The zero-order valence-corrected chi connectivity index (χ0v) is 15.5. The normalized spacial score (nSPS) is 23.3. The van der Waals surface area contributed by atoms with Crippen molar-refractivity contribution in [1.82, 2.24) is 9.80 Å². The lowest BCUT2D eigenvalue weighted by molar-refractivity contribution is 0.242. The van der Waals surface area contributed by atoms with Crippen molar-refractivity contribution >= 4 is 23.5 Å². The second kappa shape index (κ2) is 11.2. The van der Waals surface area contributed by atoms with Gasteiger partial charge in [-0.3, -0.25) is 0 Å². The fraction of sp³-hybridized carbons (Fsp3) is 1.00. The first-order valence-electron chi connectivity index (χ1n) is 8.98. The molecule has 0 amide bonds. The summed E-state index contributed by atoms with van der Waals surface area (Å²) >= 11 is 4.34. The number of thioether (sulfide) groups is 2. The van der Waals surface area contributed by atoms with Crippen LogP contribution in [0.1, 0.15) is 45.4 Å². The van der Waals surface area contributed by atoms with Crippen molar-refractivity contribution < 1.29 is 0 Å². The topological polar surface area (TPSA) is 6.48 Å². The van der Waals surface area contributed by atoms with Gasteiger partial charge in [0, 0.05) is 35.6 Å². The van der Waals surface area contributed by atoms with Crippen LogP contribution >= 0.6 is 23.5 Å². The van der Waals surface area contributed by atoms with E-state index in [-0.39, 0.29) is 0 Å². The van der Waals surface area contributed by atoms with Crippen molar-refractivity contribution in [2.24, 2.45) is 0 Å². The maximum atomic E-state index is 2.66. The van der Waals surface area contributed by atoms with Gasteiger partial charge in [0.15, 0.2) is 0 Å². The van der Waals surface area contributed by atoms with E-state index in [9.17, 15) is 0 Å². The van der Waals surface area contributed by atoms with Crippen LogP contribution in [0, 0.1) is 0 Å². The quantitative estimate of drug-likeness (QED) is 0.593. The van der Waals surface area contributed by atoms with Gasteiger partial charge in [-0.25, -0.2) is 0 Å². The Bertz CT molecular complexity index is 251. The molecule has 0 N–H and O–H groups in total. The van der Waals surface area contributed by atoms with E-state index >= 15 is 0 Å². The fourth-order valence-corrected chi connectivity index (χ4v) is 5.57. The molecule has 2 aliphatic heterocycles. The van der Waals surface area contributed by atoms with Crippen LogP contribution in [0.15, 0.2) is 0 Å². The summed E-state index contributed by atoms with van der Waals surface area (Å²) < 4.78 is 0. The smallest absolute Gasteiger partial charge is 0.0110 e. The van der Waals surface area contributed by atoms with Crippen LogP contribution in [0.3, 0.4) is 0 Å². The van der Waals surface area contributed by atoms with Gasteiger partial charge >= 0.3 is 0 Å². The van der Waals surface area contributed by atoms with E-state index in [4.69, 9.17) is 0 Å². The van der Waals surface area contributed by atoms with Gasteiger partial charge in [0.2, 0.25) is 0 Å². The van der Waals surface area contributed by atoms with Gasteiger partial charge in [0.1, 0.15) is 0 Å².